The summed E-state index contributed by atoms with van der Waals surface area (Å²) in [6, 6.07) is 19.3. The van der Waals surface area contributed by atoms with Gasteiger partial charge in [0.15, 0.2) is 0 Å². The first-order valence-electron chi connectivity index (χ1n) is 10.2. The summed E-state index contributed by atoms with van der Waals surface area (Å²) in [6.45, 7) is 0.318. The van der Waals surface area contributed by atoms with Gasteiger partial charge in [-0.25, -0.2) is 4.79 Å². The standard InChI is InChI=1S/C23H22N4O3S/c28-19-13-20-27(19)21(22(29)30)23(31-20,15-26-24-11-12-25-26)14-18(16-7-3-1-4-8-16)17-9-5-2-6-10-17/h1-12,18,20-21H,13-15H2,(H,29,30)/t20-,21?,23?/m1/s1. The number of β-lactam (4-membered cyclic amide) rings is 1. The summed E-state index contributed by atoms with van der Waals surface area (Å²) < 4.78 is -0.766. The summed E-state index contributed by atoms with van der Waals surface area (Å²) in [5.74, 6) is -1.10. The number of nitrogens with zero attached hydrogens (tertiary/aromatic N) is 4. The molecule has 0 radical (unpaired) electrons. The molecule has 3 atom stereocenters. The van der Waals surface area contributed by atoms with Gasteiger partial charge < -0.3 is 10.0 Å². The molecule has 31 heavy (non-hydrogen) atoms. The van der Waals surface area contributed by atoms with Crippen LogP contribution in [0.5, 0.6) is 0 Å². The highest BCUT2D eigenvalue weighted by molar-refractivity contribution is 8.01. The first kappa shape index (κ1) is 19.8. The third-order valence-electron chi connectivity index (χ3n) is 6.16. The van der Waals surface area contributed by atoms with Crippen LogP contribution in [-0.4, -0.2) is 53.0 Å². The molecule has 2 unspecified atom stereocenters. The highest BCUT2D eigenvalue weighted by Crippen LogP contribution is 2.56. The van der Waals surface area contributed by atoms with Gasteiger partial charge in [-0.1, -0.05) is 60.7 Å². The molecule has 2 aromatic carbocycles. The number of hydrogen-bond acceptors (Lipinski definition) is 5. The van der Waals surface area contributed by atoms with E-state index >= 15 is 0 Å². The average Bonchev–Trinajstić information content (AvgIpc) is 3.37. The Bertz CT molecular complexity index is 1040. The van der Waals surface area contributed by atoms with Gasteiger partial charge in [-0.05, 0) is 17.5 Å². The Kier molecular flexibility index (Phi) is 5.02. The van der Waals surface area contributed by atoms with Gasteiger partial charge in [0.1, 0.15) is 6.04 Å². The summed E-state index contributed by atoms with van der Waals surface area (Å²) in [4.78, 5) is 27.9. The highest BCUT2D eigenvalue weighted by atomic mass is 32.2. The summed E-state index contributed by atoms with van der Waals surface area (Å²) in [5.41, 5.74) is 2.23. The highest BCUT2D eigenvalue weighted by Gasteiger charge is 2.63. The quantitative estimate of drug-likeness (QED) is 0.575. The summed E-state index contributed by atoms with van der Waals surface area (Å²) in [7, 11) is 0. The molecular weight excluding hydrogens is 412 g/mol. The number of carboxylic acid groups (broad SMARTS) is 1. The number of carboxylic acids is 1. The van der Waals surface area contributed by atoms with Gasteiger partial charge in [0, 0.05) is 5.92 Å². The smallest absolute Gasteiger partial charge is 0.327 e. The molecule has 3 heterocycles. The number of carbonyl (C=O) groups excluding carboxylic acids is 1. The minimum absolute atomic E-state index is 0.0267. The molecular formula is C23H22N4O3S. The number of aromatic nitrogens is 3. The molecule has 0 bridgehead atoms. The van der Waals surface area contributed by atoms with Crippen molar-refractivity contribution in [2.24, 2.45) is 0 Å². The molecule has 2 aliphatic heterocycles. The van der Waals surface area contributed by atoms with Gasteiger partial charge in [-0.15, -0.1) is 11.8 Å². The fourth-order valence-electron chi connectivity index (χ4n) is 4.80. The first-order chi connectivity index (χ1) is 15.1. The molecule has 158 valence electrons. The molecule has 3 aromatic rings. The van der Waals surface area contributed by atoms with Crippen molar-refractivity contribution < 1.29 is 14.7 Å². The number of aliphatic carboxylic acids is 1. The Morgan fingerprint density at radius 1 is 1.06 bits per heavy atom. The van der Waals surface area contributed by atoms with Crippen molar-refractivity contribution in [3.05, 3.63) is 84.2 Å². The lowest BCUT2D eigenvalue weighted by Crippen LogP contribution is -2.59. The maximum atomic E-state index is 12.5. The van der Waals surface area contributed by atoms with Crippen LogP contribution in [0.25, 0.3) is 0 Å². The molecule has 5 rings (SSSR count). The summed E-state index contributed by atoms with van der Waals surface area (Å²) in [6.07, 6.45) is 4.11. The average molecular weight is 435 g/mol. The zero-order valence-corrected chi connectivity index (χ0v) is 17.6. The SMILES string of the molecule is O=C(O)C1N2C(=O)C[C@H]2SC1(CC(c1ccccc1)c1ccccc1)Cn1nccn1. The van der Waals surface area contributed by atoms with E-state index in [-0.39, 0.29) is 17.2 Å². The number of thioether (sulfide) groups is 1. The lowest BCUT2D eigenvalue weighted by molar-refractivity contribution is -0.158. The van der Waals surface area contributed by atoms with Crippen molar-refractivity contribution in [2.45, 2.75) is 41.5 Å². The predicted octanol–water partition coefficient (Wildman–Crippen LogP) is 3.00. The number of amides is 1. The van der Waals surface area contributed by atoms with E-state index in [1.54, 1.807) is 33.9 Å². The minimum Gasteiger partial charge on any atom is -0.480 e. The van der Waals surface area contributed by atoms with Gasteiger partial charge in [0.05, 0.1) is 35.5 Å². The van der Waals surface area contributed by atoms with E-state index in [2.05, 4.69) is 34.5 Å². The topological polar surface area (TPSA) is 88.3 Å². The molecule has 0 aliphatic carbocycles. The number of fused-ring (bicyclic) bond motifs is 1. The lowest BCUT2D eigenvalue weighted by atomic mass is 9.79. The van der Waals surface area contributed by atoms with Crippen molar-refractivity contribution in [1.82, 2.24) is 19.9 Å². The van der Waals surface area contributed by atoms with E-state index in [4.69, 9.17) is 0 Å². The predicted molar refractivity (Wildman–Crippen MR) is 116 cm³/mol. The number of carbonyl (C=O) groups is 2. The number of hydrogen-bond donors (Lipinski definition) is 1. The van der Waals surface area contributed by atoms with Crippen LogP contribution >= 0.6 is 11.8 Å². The van der Waals surface area contributed by atoms with Gasteiger partial charge in [-0.3, -0.25) is 4.79 Å². The maximum absolute atomic E-state index is 12.5. The van der Waals surface area contributed by atoms with Crippen LogP contribution in [0, 0.1) is 0 Å². The summed E-state index contributed by atoms with van der Waals surface area (Å²) in [5, 5.41) is 18.6. The van der Waals surface area contributed by atoms with Crippen LogP contribution < -0.4 is 0 Å². The first-order valence-corrected chi connectivity index (χ1v) is 11.1. The molecule has 2 aliphatic rings. The van der Waals surface area contributed by atoms with E-state index in [1.165, 1.54) is 0 Å². The molecule has 0 saturated carbocycles. The molecule has 1 amide bonds. The normalized spacial score (nSPS) is 24.8. The number of benzene rings is 2. The van der Waals surface area contributed by atoms with E-state index in [1.807, 2.05) is 36.4 Å². The van der Waals surface area contributed by atoms with Gasteiger partial charge >= 0.3 is 5.97 Å². The van der Waals surface area contributed by atoms with Crippen LogP contribution in [0.1, 0.15) is 29.9 Å². The molecule has 1 N–H and O–H groups in total. The van der Waals surface area contributed by atoms with Crippen LogP contribution in [0.15, 0.2) is 73.1 Å². The maximum Gasteiger partial charge on any atom is 0.327 e. The second-order valence-electron chi connectivity index (χ2n) is 8.02. The molecule has 2 fully saturated rings. The molecule has 0 spiro atoms. The summed E-state index contributed by atoms with van der Waals surface area (Å²) >= 11 is 1.59. The molecule has 8 heteroatoms. The molecule has 2 saturated heterocycles. The Balaban J connectivity index is 1.60. The van der Waals surface area contributed by atoms with Gasteiger partial charge in [0.2, 0.25) is 5.91 Å². The fourth-order valence-corrected chi connectivity index (χ4v) is 6.72. The Hall–Kier alpha value is -3.13. The largest absolute Gasteiger partial charge is 0.480 e. The van der Waals surface area contributed by atoms with Crippen LogP contribution in [0.4, 0.5) is 0 Å². The fraction of sp³-hybridized carbons (Fsp3) is 0.304. The molecule has 1 aromatic heterocycles. The van der Waals surface area contributed by atoms with Crippen molar-refractivity contribution in [1.29, 1.82) is 0 Å². The molecule has 7 nitrogen and oxygen atoms in total. The Morgan fingerprint density at radius 3 is 2.16 bits per heavy atom. The van der Waals surface area contributed by atoms with Gasteiger partial charge in [0.25, 0.3) is 0 Å². The minimum atomic E-state index is -0.977. The Morgan fingerprint density at radius 2 is 1.65 bits per heavy atom. The monoisotopic (exact) mass is 434 g/mol. The van der Waals surface area contributed by atoms with E-state index in [9.17, 15) is 14.7 Å². The second-order valence-corrected chi connectivity index (χ2v) is 9.61. The van der Waals surface area contributed by atoms with Crippen molar-refractivity contribution in [3.63, 3.8) is 0 Å². The van der Waals surface area contributed by atoms with Gasteiger partial charge in [-0.2, -0.15) is 15.0 Å². The zero-order chi connectivity index (χ0) is 21.4. The van der Waals surface area contributed by atoms with Crippen molar-refractivity contribution >= 4 is 23.6 Å². The second kappa shape index (κ2) is 7.85. The number of rotatable bonds is 7. The third-order valence-corrected chi connectivity index (χ3v) is 7.81. The van der Waals surface area contributed by atoms with Crippen LogP contribution in [-0.2, 0) is 16.1 Å². The van der Waals surface area contributed by atoms with Crippen LogP contribution in [0.2, 0.25) is 0 Å². The lowest BCUT2D eigenvalue weighted by Gasteiger charge is -2.38. The van der Waals surface area contributed by atoms with E-state index in [0.717, 1.165) is 11.1 Å². The van der Waals surface area contributed by atoms with Crippen LogP contribution in [0.3, 0.4) is 0 Å². The van der Waals surface area contributed by atoms with Crippen molar-refractivity contribution in [2.75, 3.05) is 0 Å². The zero-order valence-electron chi connectivity index (χ0n) is 16.7. The third kappa shape index (κ3) is 3.50. The Labute approximate surface area is 184 Å². The van der Waals surface area contributed by atoms with Crippen molar-refractivity contribution in [3.8, 4) is 0 Å². The van der Waals surface area contributed by atoms with E-state index in [0.29, 0.717) is 19.4 Å². The van der Waals surface area contributed by atoms with E-state index < -0.39 is 16.8 Å².